The number of para-hydroxylation sites is 2. The first-order valence-corrected chi connectivity index (χ1v) is 7.61. The maximum Gasteiger partial charge on any atom is 0.315 e. The minimum Gasteiger partial charge on any atom is -0.378 e. The van der Waals surface area contributed by atoms with Gasteiger partial charge in [0.25, 0.3) is 5.69 Å². The number of hydrogen-bond donors (Lipinski definition) is 3. The number of nitro groups is 1. The van der Waals surface area contributed by atoms with Crippen molar-refractivity contribution in [1.29, 1.82) is 0 Å². The van der Waals surface area contributed by atoms with Gasteiger partial charge >= 0.3 is 6.03 Å². The van der Waals surface area contributed by atoms with Crippen molar-refractivity contribution < 1.29 is 9.72 Å². The van der Waals surface area contributed by atoms with Gasteiger partial charge < -0.3 is 16.0 Å². The molecule has 2 aromatic rings. The molecule has 0 heterocycles. The standard InChI is InChI=1S/C17H20N4O3/c1-13-6-8-14(9-7-13)12-20-17(22)19-11-10-18-15-4-2-3-5-16(15)21(23)24/h2-9,18H,10-12H2,1H3,(H2,19,20,22). The predicted octanol–water partition coefficient (Wildman–Crippen LogP) is 2.81. The molecule has 0 radical (unpaired) electrons. The minimum atomic E-state index is -0.440. The summed E-state index contributed by atoms with van der Waals surface area (Å²) in [6.45, 7) is 3.20. The first-order valence-electron chi connectivity index (χ1n) is 7.61. The molecule has 0 spiro atoms. The van der Waals surface area contributed by atoms with Gasteiger partial charge in [-0.05, 0) is 18.6 Å². The number of nitrogens with zero attached hydrogens (tertiary/aromatic N) is 1. The summed E-state index contributed by atoms with van der Waals surface area (Å²) < 4.78 is 0. The molecule has 0 saturated heterocycles. The lowest BCUT2D eigenvalue weighted by Crippen LogP contribution is -2.37. The Bertz CT molecular complexity index is 701. The van der Waals surface area contributed by atoms with Crippen LogP contribution in [0.4, 0.5) is 16.2 Å². The summed E-state index contributed by atoms with van der Waals surface area (Å²) in [6, 6.07) is 14.0. The van der Waals surface area contributed by atoms with Crippen LogP contribution >= 0.6 is 0 Å². The van der Waals surface area contributed by atoms with E-state index in [1.165, 1.54) is 11.6 Å². The third-order valence-corrected chi connectivity index (χ3v) is 3.40. The molecule has 0 aliphatic rings. The zero-order valence-electron chi connectivity index (χ0n) is 13.4. The van der Waals surface area contributed by atoms with Crippen molar-refractivity contribution in [3.05, 3.63) is 69.8 Å². The van der Waals surface area contributed by atoms with Gasteiger partial charge in [0.15, 0.2) is 0 Å². The summed E-state index contributed by atoms with van der Waals surface area (Å²) in [5.41, 5.74) is 2.64. The van der Waals surface area contributed by atoms with Crippen molar-refractivity contribution >= 4 is 17.4 Å². The van der Waals surface area contributed by atoms with Crippen LogP contribution in [0.1, 0.15) is 11.1 Å². The van der Waals surface area contributed by atoms with E-state index in [2.05, 4.69) is 16.0 Å². The number of rotatable bonds is 7. The fraction of sp³-hybridized carbons (Fsp3) is 0.235. The molecule has 7 heteroatoms. The molecule has 0 aromatic heterocycles. The summed E-state index contributed by atoms with van der Waals surface area (Å²) >= 11 is 0. The number of aryl methyl sites for hydroxylation is 1. The molecule has 2 rings (SSSR count). The van der Waals surface area contributed by atoms with Gasteiger partial charge in [-0.2, -0.15) is 0 Å². The van der Waals surface area contributed by atoms with E-state index in [1.54, 1.807) is 18.2 Å². The Balaban J connectivity index is 1.69. The summed E-state index contributed by atoms with van der Waals surface area (Å²) in [7, 11) is 0. The minimum absolute atomic E-state index is 0.0151. The SMILES string of the molecule is Cc1ccc(CNC(=O)NCCNc2ccccc2[N+](=O)[O-])cc1. The molecule has 24 heavy (non-hydrogen) atoms. The predicted molar refractivity (Wildman–Crippen MR) is 93.0 cm³/mol. The number of nitro benzene ring substituents is 1. The van der Waals surface area contributed by atoms with E-state index in [-0.39, 0.29) is 11.7 Å². The molecule has 0 saturated carbocycles. The van der Waals surface area contributed by atoms with Crippen molar-refractivity contribution in [3.8, 4) is 0 Å². The lowest BCUT2D eigenvalue weighted by molar-refractivity contribution is -0.384. The molecule has 2 amide bonds. The van der Waals surface area contributed by atoms with Gasteiger partial charge in [-0.25, -0.2) is 4.79 Å². The van der Waals surface area contributed by atoms with Crippen molar-refractivity contribution in [2.24, 2.45) is 0 Å². The zero-order valence-corrected chi connectivity index (χ0v) is 13.4. The molecule has 0 bridgehead atoms. The van der Waals surface area contributed by atoms with Crippen LogP contribution in [0, 0.1) is 17.0 Å². The topological polar surface area (TPSA) is 96.3 Å². The molecule has 7 nitrogen and oxygen atoms in total. The average molecular weight is 328 g/mol. The molecule has 126 valence electrons. The van der Waals surface area contributed by atoms with Crippen molar-refractivity contribution in [1.82, 2.24) is 10.6 Å². The number of carbonyl (C=O) groups excluding carboxylic acids is 1. The number of anilines is 1. The Morgan fingerprint density at radius 1 is 1.04 bits per heavy atom. The van der Waals surface area contributed by atoms with Crippen molar-refractivity contribution in [3.63, 3.8) is 0 Å². The molecular formula is C17H20N4O3. The number of hydrogen-bond acceptors (Lipinski definition) is 4. The Morgan fingerprint density at radius 3 is 2.46 bits per heavy atom. The first-order chi connectivity index (χ1) is 11.6. The number of nitrogens with one attached hydrogen (secondary N) is 3. The Morgan fingerprint density at radius 2 is 1.75 bits per heavy atom. The molecule has 0 aliphatic carbocycles. The van der Waals surface area contributed by atoms with E-state index in [0.29, 0.717) is 25.3 Å². The maximum absolute atomic E-state index is 11.7. The van der Waals surface area contributed by atoms with Gasteiger partial charge in [-0.1, -0.05) is 42.0 Å². The number of amides is 2. The van der Waals surface area contributed by atoms with Crippen LogP contribution in [0.5, 0.6) is 0 Å². The van der Waals surface area contributed by atoms with Gasteiger partial charge in [0, 0.05) is 25.7 Å². The summed E-state index contributed by atoms with van der Waals surface area (Å²) in [5, 5.41) is 19.3. The first kappa shape index (κ1) is 17.3. The largest absolute Gasteiger partial charge is 0.378 e. The summed E-state index contributed by atoms with van der Waals surface area (Å²) in [6.07, 6.45) is 0. The highest BCUT2D eigenvalue weighted by Crippen LogP contribution is 2.22. The number of benzene rings is 2. The third kappa shape index (κ3) is 5.28. The fourth-order valence-corrected chi connectivity index (χ4v) is 2.11. The highest BCUT2D eigenvalue weighted by atomic mass is 16.6. The highest BCUT2D eigenvalue weighted by molar-refractivity contribution is 5.73. The van der Waals surface area contributed by atoms with E-state index in [9.17, 15) is 14.9 Å². The van der Waals surface area contributed by atoms with E-state index in [4.69, 9.17) is 0 Å². The van der Waals surface area contributed by atoms with Crippen LogP contribution in [0.2, 0.25) is 0 Å². The van der Waals surface area contributed by atoms with E-state index < -0.39 is 4.92 Å². The molecule has 2 aromatic carbocycles. The highest BCUT2D eigenvalue weighted by Gasteiger charge is 2.11. The lowest BCUT2D eigenvalue weighted by atomic mass is 10.1. The molecule has 0 unspecified atom stereocenters. The van der Waals surface area contributed by atoms with E-state index in [0.717, 1.165) is 5.56 Å². The summed E-state index contributed by atoms with van der Waals surface area (Å²) in [5.74, 6) is 0. The second-order valence-corrected chi connectivity index (χ2v) is 5.30. The Hall–Kier alpha value is -3.09. The quantitative estimate of drug-likeness (QED) is 0.414. The van der Waals surface area contributed by atoms with Gasteiger partial charge in [-0.3, -0.25) is 10.1 Å². The van der Waals surface area contributed by atoms with Gasteiger partial charge in [-0.15, -0.1) is 0 Å². The maximum atomic E-state index is 11.7. The number of carbonyl (C=O) groups is 1. The van der Waals surface area contributed by atoms with Crippen LogP contribution in [0.25, 0.3) is 0 Å². The molecule has 0 atom stereocenters. The van der Waals surface area contributed by atoms with Crippen LogP contribution in [0.15, 0.2) is 48.5 Å². The van der Waals surface area contributed by atoms with Crippen molar-refractivity contribution in [2.75, 3.05) is 18.4 Å². The second kappa shape index (κ2) is 8.52. The molecule has 0 fully saturated rings. The number of urea groups is 1. The average Bonchev–Trinajstić information content (AvgIpc) is 2.58. The van der Waals surface area contributed by atoms with Gasteiger partial charge in [0.1, 0.15) is 5.69 Å². The Labute approximate surface area is 140 Å². The van der Waals surface area contributed by atoms with Crippen LogP contribution in [-0.4, -0.2) is 24.0 Å². The monoisotopic (exact) mass is 328 g/mol. The second-order valence-electron chi connectivity index (χ2n) is 5.30. The molecule has 3 N–H and O–H groups in total. The van der Waals surface area contributed by atoms with Gasteiger partial charge in [0.05, 0.1) is 4.92 Å². The van der Waals surface area contributed by atoms with Gasteiger partial charge in [0.2, 0.25) is 0 Å². The van der Waals surface area contributed by atoms with Crippen LogP contribution in [0.3, 0.4) is 0 Å². The normalized spacial score (nSPS) is 10.0. The fourth-order valence-electron chi connectivity index (χ4n) is 2.11. The van der Waals surface area contributed by atoms with E-state index in [1.807, 2.05) is 31.2 Å². The third-order valence-electron chi connectivity index (χ3n) is 3.40. The molecular weight excluding hydrogens is 308 g/mol. The lowest BCUT2D eigenvalue weighted by Gasteiger charge is -2.09. The van der Waals surface area contributed by atoms with E-state index >= 15 is 0 Å². The summed E-state index contributed by atoms with van der Waals surface area (Å²) in [4.78, 5) is 22.2. The smallest absolute Gasteiger partial charge is 0.315 e. The zero-order chi connectivity index (χ0) is 17.4. The Kier molecular flexibility index (Phi) is 6.13. The molecule has 0 aliphatic heterocycles. The van der Waals surface area contributed by atoms with Crippen molar-refractivity contribution in [2.45, 2.75) is 13.5 Å². The van der Waals surface area contributed by atoms with Crippen LogP contribution < -0.4 is 16.0 Å². The van der Waals surface area contributed by atoms with Crippen LogP contribution in [-0.2, 0) is 6.54 Å².